The molecule has 1 rings (SSSR count). The summed E-state index contributed by atoms with van der Waals surface area (Å²) in [5, 5.41) is 0. The Kier molecular flexibility index (Phi) is 7.82. The van der Waals surface area contributed by atoms with Crippen LogP contribution in [-0.2, 0) is 10.0 Å². The summed E-state index contributed by atoms with van der Waals surface area (Å²) in [5.74, 6) is 0.784. The van der Waals surface area contributed by atoms with Crippen molar-refractivity contribution < 1.29 is 17.9 Å². The van der Waals surface area contributed by atoms with Crippen LogP contribution in [0.5, 0.6) is 11.5 Å². The molecule has 3 N–H and O–H groups in total. The number of nitrogens with one attached hydrogen (secondary N) is 1. The van der Waals surface area contributed by atoms with Crippen molar-refractivity contribution in [1.82, 2.24) is 4.72 Å². The third kappa shape index (κ3) is 4.49. The van der Waals surface area contributed by atoms with Gasteiger partial charge in [0.05, 0.1) is 14.2 Å². The Bertz CT molecular complexity index is 554. The van der Waals surface area contributed by atoms with E-state index in [4.69, 9.17) is 15.2 Å². The van der Waals surface area contributed by atoms with E-state index in [1.54, 1.807) is 13.0 Å². The van der Waals surface area contributed by atoms with Crippen LogP contribution in [0.25, 0.3) is 0 Å². The fourth-order valence-corrected chi connectivity index (χ4v) is 3.71. The van der Waals surface area contributed by atoms with Crippen LogP contribution in [0.4, 0.5) is 0 Å². The van der Waals surface area contributed by atoms with E-state index < -0.39 is 10.0 Å². The van der Waals surface area contributed by atoms with Gasteiger partial charge in [0.1, 0.15) is 4.90 Å². The summed E-state index contributed by atoms with van der Waals surface area (Å²) in [6.45, 7) is 1.90. The quantitative estimate of drug-likeness (QED) is 0.769. The fraction of sp³-hybridized carbons (Fsp3) is 0.455. The van der Waals surface area contributed by atoms with Crippen LogP contribution < -0.4 is 19.9 Å². The van der Waals surface area contributed by atoms with Gasteiger partial charge in [-0.05, 0) is 28.9 Å². The summed E-state index contributed by atoms with van der Waals surface area (Å²) < 4.78 is 37.4. The predicted octanol–water partition coefficient (Wildman–Crippen LogP) is 1.51. The van der Waals surface area contributed by atoms with Crippen molar-refractivity contribution in [3.05, 3.63) is 16.6 Å². The van der Waals surface area contributed by atoms with Gasteiger partial charge in [0, 0.05) is 23.1 Å². The number of hydrogen-bond donors (Lipinski definition) is 2. The largest absolute Gasteiger partial charge is 0.493 e. The summed E-state index contributed by atoms with van der Waals surface area (Å²) in [7, 11) is -0.750. The van der Waals surface area contributed by atoms with E-state index in [0.717, 1.165) is 0 Å². The Hall–Kier alpha value is -0.540. The maximum absolute atomic E-state index is 12.2. The minimum atomic E-state index is -3.67. The van der Waals surface area contributed by atoms with Crippen molar-refractivity contribution in [2.45, 2.75) is 17.9 Å². The van der Waals surface area contributed by atoms with Crippen molar-refractivity contribution in [2.24, 2.45) is 5.73 Å². The first-order chi connectivity index (χ1) is 8.85. The number of halogens is 2. The van der Waals surface area contributed by atoms with E-state index in [0.29, 0.717) is 16.0 Å². The molecule has 20 heavy (non-hydrogen) atoms. The average molecular weight is 390 g/mol. The average Bonchev–Trinajstić information content (AvgIpc) is 2.37. The van der Waals surface area contributed by atoms with Gasteiger partial charge >= 0.3 is 0 Å². The zero-order valence-corrected chi connectivity index (χ0v) is 14.6. The standard InChI is InChI=1S/C11H17BrN2O4S.ClH/c1-7(6-13)14-19(15,16)11-5-10(18-3)9(17-2)4-8(11)12;/h4-5,7,14H,6,13H2,1-3H3;1H/t7-;/m1./s1. The third-order valence-electron chi connectivity index (χ3n) is 2.44. The SMILES string of the molecule is COc1cc(Br)c(S(=O)(=O)N[C@H](C)CN)cc1OC.Cl. The van der Waals surface area contributed by atoms with Gasteiger partial charge in [0.2, 0.25) is 10.0 Å². The van der Waals surface area contributed by atoms with Crippen LogP contribution in [0.3, 0.4) is 0 Å². The Balaban J connectivity index is 0.00000361. The Morgan fingerprint density at radius 3 is 2.25 bits per heavy atom. The fourth-order valence-electron chi connectivity index (χ4n) is 1.42. The minimum Gasteiger partial charge on any atom is -0.493 e. The van der Waals surface area contributed by atoms with E-state index in [1.807, 2.05) is 0 Å². The van der Waals surface area contributed by atoms with Crippen molar-refractivity contribution in [3.8, 4) is 11.5 Å². The highest BCUT2D eigenvalue weighted by Crippen LogP contribution is 2.35. The lowest BCUT2D eigenvalue weighted by molar-refractivity contribution is 0.353. The van der Waals surface area contributed by atoms with Gasteiger partial charge in [-0.2, -0.15) is 0 Å². The van der Waals surface area contributed by atoms with Gasteiger partial charge in [0.25, 0.3) is 0 Å². The highest BCUT2D eigenvalue weighted by molar-refractivity contribution is 9.10. The molecule has 0 saturated carbocycles. The first-order valence-electron chi connectivity index (χ1n) is 5.49. The molecule has 1 atom stereocenters. The second-order valence-corrected chi connectivity index (χ2v) is 6.43. The summed E-state index contributed by atoms with van der Waals surface area (Å²) >= 11 is 3.21. The smallest absolute Gasteiger partial charge is 0.242 e. The van der Waals surface area contributed by atoms with Crippen molar-refractivity contribution in [3.63, 3.8) is 0 Å². The van der Waals surface area contributed by atoms with Gasteiger partial charge in [-0.15, -0.1) is 12.4 Å². The van der Waals surface area contributed by atoms with Gasteiger partial charge in [0.15, 0.2) is 11.5 Å². The van der Waals surface area contributed by atoms with Crippen molar-refractivity contribution >= 4 is 38.4 Å². The number of rotatable bonds is 6. The molecule has 0 aliphatic heterocycles. The third-order valence-corrected chi connectivity index (χ3v) is 4.99. The monoisotopic (exact) mass is 388 g/mol. The van der Waals surface area contributed by atoms with Crippen LogP contribution in [0.2, 0.25) is 0 Å². The zero-order valence-electron chi connectivity index (χ0n) is 11.3. The Morgan fingerprint density at radius 2 is 1.80 bits per heavy atom. The first-order valence-corrected chi connectivity index (χ1v) is 7.77. The maximum atomic E-state index is 12.2. The molecular formula is C11H18BrClN2O4S. The van der Waals surface area contributed by atoms with E-state index in [2.05, 4.69) is 20.7 Å². The van der Waals surface area contributed by atoms with Gasteiger partial charge < -0.3 is 15.2 Å². The summed E-state index contributed by atoms with van der Waals surface area (Å²) in [5.41, 5.74) is 5.41. The Morgan fingerprint density at radius 1 is 1.30 bits per heavy atom. The lowest BCUT2D eigenvalue weighted by Gasteiger charge is -2.15. The van der Waals surface area contributed by atoms with Gasteiger partial charge in [-0.25, -0.2) is 13.1 Å². The molecule has 0 amide bonds. The molecule has 0 aliphatic carbocycles. The molecule has 9 heteroatoms. The second-order valence-electron chi connectivity index (χ2n) is 3.90. The number of hydrogen-bond acceptors (Lipinski definition) is 5. The van der Waals surface area contributed by atoms with Crippen LogP contribution in [0.1, 0.15) is 6.92 Å². The van der Waals surface area contributed by atoms with Gasteiger partial charge in [-0.1, -0.05) is 0 Å². The van der Waals surface area contributed by atoms with E-state index in [1.165, 1.54) is 20.3 Å². The molecular weight excluding hydrogens is 372 g/mol. The highest BCUT2D eigenvalue weighted by Gasteiger charge is 2.22. The normalized spacial score (nSPS) is 12.4. The van der Waals surface area contributed by atoms with Gasteiger partial charge in [-0.3, -0.25) is 0 Å². The molecule has 0 bridgehead atoms. The lowest BCUT2D eigenvalue weighted by atomic mass is 10.3. The minimum absolute atomic E-state index is 0. The predicted molar refractivity (Wildman–Crippen MR) is 83.3 cm³/mol. The second kappa shape index (κ2) is 8.04. The number of nitrogens with two attached hydrogens (primary N) is 1. The number of ether oxygens (including phenoxy) is 2. The molecule has 1 aromatic carbocycles. The number of methoxy groups -OCH3 is 2. The molecule has 116 valence electrons. The molecule has 0 spiro atoms. The topological polar surface area (TPSA) is 90.7 Å². The van der Waals surface area contributed by atoms with E-state index in [9.17, 15) is 8.42 Å². The first kappa shape index (κ1) is 19.5. The molecule has 0 fully saturated rings. The molecule has 6 nitrogen and oxygen atoms in total. The molecule has 0 aliphatic rings. The van der Waals surface area contributed by atoms with Crippen LogP contribution in [0.15, 0.2) is 21.5 Å². The highest BCUT2D eigenvalue weighted by atomic mass is 79.9. The van der Waals surface area contributed by atoms with E-state index in [-0.39, 0.29) is 29.9 Å². The maximum Gasteiger partial charge on any atom is 0.242 e. The number of sulfonamides is 1. The molecule has 0 radical (unpaired) electrons. The molecule has 0 aromatic heterocycles. The van der Waals surface area contributed by atoms with Crippen molar-refractivity contribution in [1.29, 1.82) is 0 Å². The van der Waals surface area contributed by atoms with Crippen LogP contribution >= 0.6 is 28.3 Å². The molecule has 0 heterocycles. The van der Waals surface area contributed by atoms with Crippen molar-refractivity contribution in [2.75, 3.05) is 20.8 Å². The molecule has 0 saturated heterocycles. The molecule has 1 aromatic rings. The van der Waals surface area contributed by atoms with Crippen LogP contribution in [0, 0.1) is 0 Å². The molecule has 0 unspecified atom stereocenters. The lowest BCUT2D eigenvalue weighted by Crippen LogP contribution is -2.37. The summed E-state index contributed by atoms with van der Waals surface area (Å²) in [6, 6.07) is 2.58. The zero-order chi connectivity index (χ0) is 14.6. The van der Waals surface area contributed by atoms with Crippen LogP contribution in [-0.4, -0.2) is 35.2 Å². The Labute approximate surface area is 133 Å². The summed E-state index contributed by atoms with van der Waals surface area (Å²) in [4.78, 5) is 0.0745. The number of benzene rings is 1. The van der Waals surface area contributed by atoms with E-state index >= 15 is 0 Å². The summed E-state index contributed by atoms with van der Waals surface area (Å²) in [6.07, 6.45) is 0.